The van der Waals surface area contributed by atoms with E-state index >= 15 is 0 Å². The van der Waals surface area contributed by atoms with Gasteiger partial charge in [-0.3, -0.25) is 4.79 Å². The van der Waals surface area contributed by atoms with E-state index in [-0.39, 0.29) is 5.91 Å². The fraction of sp³-hybridized carbons (Fsp3) is 0.500. The Kier molecular flexibility index (Phi) is 3.82. The molecule has 0 saturated heterocycles. The fourth-order valence-electron chi connectivity index (χ4n) is 0.825. The predicted molar refractivity (Wildman–Crippen MR) is 52.9 cm³/mol. The number of hydrogen-bond acceptors (Lipinski definition) is 4. The zero-order valence-corrected chi connectivity index (χ0v) is 8.48. The summed E-state index contributed by atoms with van der Waals surface area (Å²) < 4.78 is 4.80. The summed E-state index contributed by atoms with van der Waals surface area (Å²) in [5.41, 5.74) is 0. The third kappa shape index (κ3) is 3.50. The summed E-state index contributed by atoms with van der Waals surface area (Å²) in [6, 6.07) is 1.69. The third-order valence-electron chi connectivity index (χ3n) is 1.43. The van der Waals surface area contributed by atoms with E-state index in [1.54, 1.807) is 24.8 Å². The zero-order chi connectivity index (χ0) is 9.68. The van der Waals surface area contributed by atoms with Crippen LogP contribution in [0.3, 0.4) is 0 Å². The monoisotopic (exact) mass is 200 g/mol. The average molecular weight is 200 g/mol. The quantitative estimate of drug-likeness (QED) is 0.803. The minimum absolute atomic E-state index is 0.0253. The highest BCUT2D eigenvalue weighted by Gasteiger charge is 2.04. The molecule has 0 aromatic carbocycles. The van der Waals surface area contributed by atoms with Gasteiger partial charge in [-0.25, -0.2) is 0 Å². The van der Waals surface area contributed by atoms with Gasteiger partial charge < -0.3 is 9.84 Å². The van der Waals surface area contributed by atoms with Crippen molar-refractivity contribution in [3.63, 3.8) is 0 Å². The first-order valence-corrected chi connectivity index (χ1v) is 5.34. The van der Waals surface area contributed by atoms with Crippen LogP contribution in [-0.2, 0) is 4.79 Å². The maximum atomic E-state index is 11.2. The molecule has 0 unspecified atom stereocenters. The van der Waals surface area contributed by atoms with Gasteiger partial charge in [0, 0.05) is 18.2 Å². The molecule has 1 rings (SSSR count). The number of anilines is 1. The van der Waals surface area contributed by atoms with Crippen molar-refractivity contribution in [2.75, 3.05) is 17.3 Å². The molecule has 0 spiro atoms. The average Bonchev–Trinajstić information content (AvgIpc) is 2.48. The minimum Gasteiger partial charge on any atom is -0.360 e. The van der Waals surface area contributed by atoms with Gasteiger partial charge in [0.1, 0.15) is 5.76 Å². The van der Waals surface area contributed by atoms with E-state index in [9.17, 15) is 4.79 Å². The van der Waals surface area contributed by atoms with Crippen LogP contribution < -0.4 is 5.32 Å². The summed E-state index contributed by atoms with van der Waals surface area (Å²) in [6.07, 6.45) is 2.47. The normalized spacial score (nSPS) is 10.0. The Bertz CT molecular complexity index is 285. The van der Waals surface area contributed by atoms with Crippen molar-refractivity contribution < 1.29 is 9.32 Å². The van der Waals surface area contributed by atoms with E-state index in [1.165, 1.54) is 0 Å². The number of aryl methyl sites for hydroxylation is 1. The second-order valence-corrected chi connectivity index (χ2v) is 3.60. The SMILES string of the molecule is CSCCC(=O)Nc1cc(C)on1. The summed E-state index contributed by atoms with van der Waals surface area (Å²) in [5.74, 6) is 1.98. The van der Waals surface area contributed by atoms with Gasteiger partial charge in [-0.15, -0.1) is 0 Å². The topological polar surface area (TPSA) is 55.1 Å². The number of hydrogen-bond donors (Lipinski definition) is 1. The number of carbonyl (C=O) groups excluding carboxylic acids is 1. The summed E-state index contributed by atoms with van der Waals surface area (Å²) in [6.45, 7) is 1.78. The van der Waals surface area contributed by atoms with Gasteiger partial charge in [0.2, 0.25) is 5.91 Å². The Labute approximate surface area is 81.1 Å². The van der Waals surface area contributed by atoms with Gasteiger partial charge in [0.15, 0.2) is 5.82 Å². The van der Waals surface area contributed by atoms with E-state index in [4.69, 9.17) is 4.52 Å². The lowest BCUT2D eigenvalue weighted by Gasteiger charge is -1.98. The predicted octanol–water partition coefficient (Wildman–Crippen LogP) is 1.67. The molecule has 1 N–H and O–H groups in total. The summed E-state index contributed by atoms with van der Waals surface area (Å²) >= 11 is 1.64. The largest absolute Gasteiger partial charge is 0.360 e. The first kappa shape index (κ1) is 10.1. The molecule has 1 aromatic rings. The van der Waals surface area contributed by atoms with E-state index in [1.807, 2.05) is 6.26 Å². The van der Waals surface area contributed by atoms with Crippen molar-refractivity contribution >= 4 is 23.5 Å². The number of thioether (sulfide) groups is 1. The highest BCUT2D eigenvalue weighted by Crippen LogP contribution is 2.07. The summed E-state index contributed by atoms with van der Waals surface area (Å²) in [4.78, 5) is 11.2. The van der Waals surface area contributed by atoms with Crippen molar-refractivity contribution in [1.29, 1.82) is 0 Å². The van der Waals surface area contributed by atoms with Gasteiger partial charge in [-0.1, -0.05) is 5.16 Å². The molecule has 1 heterocycles. The second kappa shape index (κ2) is 4.91. The third-order valence-corrected chi connectivity index (χ3v) is 2.04. The molecule has 0 aliphatic heterocycles. The lowest BCUT2D eigenvalue weighted by Crippen LogP contribution is -2.12. The molecule has 13 heavy (non-hydrogen) atoms. The van der Waals surface area contributed by atoms with E-state index in [0.29, 0.717) is 18.0 Å². The Morgan fingerprint density at radius 2 is 2.54 bits per heavy atom. The molecule has 0 fully saturated rings. The molecule has 4 nitrogen and oxygen atoms in total. The molecule has 1 aromatic heterocycles. The van der Waals surface area contributed by atoms with E-state index < -0.39 is 0 Å². The number of aromatic nitrogens is 1. The molecule has 0 bridgehead atoms. The lowest BCUT2D eigenvalue weighted by atomic mass is 10.4. The molecular formula is C8H12N2O2S. The molecule has 72 valence electrons. The van der Waals surface area contributed by atoms with Crippen molar-refractivity contribution in [2.24, 2.45) is 0 Å². The standard InChI is InChI=1S/C8H12N2O2S/c1-6-5-7(10-12-6)9-8(11)3-4-13-2/h5H,3-4H2,1-2H3,(H,9,10,11). The maximum absolute atomic E-state index is 11.2. The van der Waals surface area contributed by atoms with Crippen molar-refractivity contribution in [3.05, 3.63) is 11.8 Å². The van der Waals surface area contributed by atoms with Gasteiger partial charge in [0.05, 0.1) is 0 Å². The van der Waals surface area contributed by atoms with Crippen LogP contribution in [-0.4, -0.2) is 23.1 Å². The van der Waals surface area contributed by atoms with Gasteiger partial charge >= 0.3 is 0 Å². The van der Waals surface area contributed by atoms with Gasteiger partial charge in [-0.05, 0) is 13.2 Å². The molecule has 0 radical (unpaired) electrons. The first-order chi connectivity index (χ1) is 6.22. The fourth-order valence-corrected chi connectivity index (χ4v) is 1.21. The van der Waals surface area contributed by atoms with Crippen molar-refractivity contribution in [2.45, 2.75) is 13.3 Å². The number of rotatable bonds is 4. The Morgan fingerprint density at radius 3 is 3.08 bits per heavy atom. The summed E-state index contributed by atoms with van der Waals surface area (Å²) in [7, 11) is 0. The molecule has 0 atom stereocenters. The number of carbonyl (C=O) groups is 1. The summed E-state index contributed by atoms with van der Waals surface area (Å²) in [5, 5.41) is 6.29. The van der Waals surface area contributed by atoms with Crippen LogP contribution in [0, 0.1) is 6.92 Å². The number of nitrogens with one attached hydrogen (secondary N) is 1. The van der Waals surface area contributed by atoms with Crippen LogP contribution in [0.5, 0.6) is 0 Å². The Morgan fingerprint density at radius 1 is 1.77 bits per heavy atom. The van der Waals surface area contributed by atoms with Crippen LogP contribution in [0.1, 0.15) is 12.2 Å². The lowest BCUT2D eigenvalue weighted by molar-refractivity contribution is -0.115. The van der Waals surface area contributed by atoms with Crippen LogP contribution >= 0.6 is 11.8 Å². The van der Waals surface area contributed by atoms with Crippen LogP contribution in [0.15, 0.2) is 10.6 Å². The minimum atomic E-state index is -0.0253. The Hall–Kier alpha value is -0.970. The van der Waals surface area contributed by atoms with Crippen LogP contribution in [0.2, 0.25) is 0 Å². The first-order valence-electron chi connectivity index (χ1n) is 3.94. The highest BCUT2D eigenvalue weighted by molar-refractivity contribution is 7.98. The molecule has 5 heteroatoms. The van der Waals surface area contributed by atoms with E-state index in [0.717, 1.165) is 5.75 Å². The van der Waals surface area contributed by atoms with Gasteiger partial charge in [0.25, 0.3) is 0 Å². The maximum Gasteiger partial charge on any atom is 0.226 e. The smallest absolute Gasteiger partial charge is 0.226 e. The van der Waals surface area contributed by atoms with Crippen molar-refractivity contribution in [1.82, 2.24) is 5.16 Å². The zero-order valence-electron chi connectivity index (χ0n) is 7.66. The molecule has 0 aliphatic rings. The number of nitrogens with zero attached hydrogens (tertiary/aromatic N) is 1. The Balaban J connectivity index is 2.36. The molecule has 0 aliphatic carbocycles. The van der Waals surface area contributed by atoms with Crippen LogP contribution in [0.4, 0.5) is 5.82 Å². The van der Waals surface area contributed by atoms with Gasteiger partial charge in [-0.2, -0.15) is 11.8 Å². The molecule has 0 saturated carbocycles. The van der Waals surface area contributed by atoms with Crippen molar-refractivity contribution in [3.8, 4) is 0 Å². The molecular weight excluding hydrogens is 188 g/mol. The van der Waals surface area contributed by atoms with Crippen LogP contribution in [0.25, 0.3) is 0 Å². The number of amides is 1. The highest BCUT2D eigenvalue weighted by atomic mass is 32.2. The van der Waals surface area contributed by atoms with E-state index in [2.05, 4.69) is 10.5 Å². The molecule has 1 amide bonds. The second-order valence-electron chi connectivity index (χ2n) is 2.61.